The summed E-state index contributed by atoms with van der Waals surface area (Å²) in [5.41, 5.74) is 12.4. The lowest BCUT2D eigenvalue weighted by Gasteiger charge is -2.24. The second-order valence-electron chi connectivity index (χ2n) is 10.1. The van der Waals surface area contributed by atoms with Gasteiger partial charge < -0.3 is 25.6 Å². The summed E-state index contributed by atoms with van der Waals surface area (Å²) in [5.74, 6) is -0.844. The van der Waals surface area contributed by atoms with Crippen LogP contribution >= 0.6 is 0 Å². The van der Waals surface area contributed by atoms with Gasteiger partial charge in [-0.05, 0) is 69.5 Å². The lowest BCUT2D eigenvalue weighted by atomic mass is 9.96. The molecule has 0 saturated heterocycles. The topological polar surface area (TPSA) is 135 Å². The molecule has 0 aliphatic carbocycles. The Morgan fingerprint density at radius 3 is 2.22 bits per heavy atom. The standard InChI is InChI=1S/C23H28N4O5.C7H8.C2H6/c1-13(25-22(30)32-23(2,3)4)19-26-27-20(31-19)16-9-15(10-17(11-16)21(28)29)18-8-6-5-7-14(18)12-24;1-7-5-3-2-4-6-7;1-2/h5-11,13,19,26H,12,24H2,1-4H3,(H,25,30)(H,28,29);2-6H,1H3;1-2H3. The molecule has 0 fully saturated rings. The smallest absolute Gasteiger partial charge is 0.408 e. The first kappa shape index (κ1) is 32.8. The molecule has 3 aromatic rings. The highest BCUT2D eigenvalue weighted by Crippen LogP contribution is 2.27. The van der Waals surface area contributed by atoms with E-state index in [1.807, 2.05) is 56.3 Å². The first-order valence-corrected chi connectivity index (χ1v) is 13.6. The Labute approximate surface area is 242 Å². The van der Waals surface area contributed by atoms with E-state index in [9.17, 15) is 14.7 Å². The third kappa shape index (κ3) is 10.3. The minimum absolute atomic E-state index is 0.0963. The van der Waals surface area contributed by atoms with Crippen LogP contribution in [-0.4, -0.2) is 40.9 Å². The van der Waals surface area contributed by atoms with Gasteiger partial charge in [0.25, 0.3) is 0 Å². The molecule has 0 saturated carbocycles. The molecule has 220 valence electrons. The van der Waals surface area contributed by atoms with Gasteiger partial charge in [-0.1, -0.05) is 74.0 Å². The van der Waals surface area contributed by atoms with E-state index in [1.165, 1.54) is 11.6 Å². The molecule has 0 radical (unpaired) electrons. The van der Waals surface area contributed by atoms with Crippen LogP contribution in [0.1, 0.15) is 68.6 Å². The van der Waals surface area contributed by atoms with Crippen LogP contribution in [0.15, 0.2) is 77.9 Å². The number of benzene rings is 3. The number of carbonyl (C=O) groups excluding carboxylic acids is 1. The zero-order valence-electron chi connectivity index (χ0n) is 24.9. The molecule has 9 nitrogen and oxygen atoms in total. The number of nitrogens with one attached hydrogen (secondary N) is 2. The summed E-state index contributed by atoms with van der Waals surface area (Å²) in [5, 5.41) is 16.5. The van der Waals surface area contributed by atoms with Crippen molar-refractivity contribution in [1.82, 2.24) is 10.7 Å². The van der Waals surface area contributed by atoms with Crippen molar-refractivity contribution in [3.05, 3.63) is 95.1 Å². The normalized spacial score (nSPS) is 14.4. The molecule has 4 rings (SSSR count). The Morgan fingerprint density at radius 1 is 1.05 bits per heavy atom. The van der Waals surface area contributed by atoms with Crippen LogP contribution in [0, 0.1) is 6.92 Å². The molecule has 3 aromatic carbocycles. The van der Waals surface area contributed by atoms with E-state index in [2.05, 4.69) is 34.9 Å². The highest BCUT2D eigenvalue weighted by atomic mass is 16.6. The predicted octanol–water partition coefficient (Wildman–Crippen LogP) is 6.05. The second kappa shape index (κ2) is 15.4. The molecule has 1 amide bonds. The number of aromatic carboxylic acids is 1. The van der Waals surface area contributed by atoms with E-state index in [0.29, 0.717) is 17.7 Å². The minimum Gasteiger partial charge on any atom is -0.478 e. The van der Waals surface area contributed by atoms with Gasteiger partial charge in [-0.15, -0.1) is 5.10 Å². The van der Waals surface area contributed by atoms with Gasteiger partial charge in [0.1, 0.15) is 5.60 Å². The number of nitrogens with zero attached hydrogens (tertiary/aromatic N) is 1. The molecule has 0 bridgehead atoms. The second-order valence-corrected chi connectivity index (χ2v) is 10.1. The van der Waals surface area contributed by atoms with Crippen LogP contribution in [0.2, 0.25) is 0 Å². The number of carboxylic acid groups (broad SMARTS) is 1. The number of hydrogen-bond acceptors (Lipinski definition) is 7. The number of carbonyl (C=O) groups is 2. The third-order valence-electron chi connectivity index (χ3n) is 5.65. The highest BCUT2D eigenvalue weighted by molar-refractivity contribution is 6.00. The number of carboxylic acids is 1. The monoisotopic (exact) mass is 562 g/mol. The predicted molar refractivity (Wildman–Crippen MR) is 163 cm³/mol. The van der Waals surface area contributed by atoms with Crippen molar-refractivity contribution >= 4 is 18.0 Å². The van der Waals surface area contributed by atoms with Crippen molar-refractivity contribution in [2.75, 3.05) is 0 Å². The molecule has 1 aliphatic rings. The zero-order chi connectivity index (χ0) is 30.6. The van der Waals surface area contributed by atoms with Crippen molar-refractivity contribution in [3.8, 4) is 11.1 Å². The van der Waals surface area contributed by atoms with E-state index < -0.39 is 29.9 Å². The number of nitrogens with two attached hydrogens (primary N) is 1. The van der Waals surface area contributed by atoms with E-state index >= 15 is 0 Å². The molecule has 2 unspecified atom stereocenters. The minimum atomic E-state index is -1.07. The number of aryl methyl sites for hydroxylation is 1. The average Bonchev–Trinajstić information content (AvgIpc) is 3.44. The number of rotatable bonds is 6. The summed E-state index contributed by atoms with van der Waals surface area (Å²) in [6.45, 7) is 13.5. The van der Waals surface area contributed by atoms with Gasteiger partial charge in [-0.2, -0.15) is 0 Å². The Balaban J connectivity index is 0.000000561. The third-order valence-corrected chi connectivity index (χ3v) is 5.65. The van der Waals surface area contributed by atoms with Gasteiger partial charge in [0.2, 0.25) is 12.1 Å². The SMILES string of the molecule is CC.CC(NC(=O)OC(C)(C)C)C1NN=C(c2cc(C(=O)O)cc(-c3ccccc3CN)c2)O1.Cc1ccccc1. The Kier molecular flexibility index (Phi) is 12.4. The van der Waals surface area contributed by atoms with Crippen LogP contribution in [0.4, 0.5) is 4.79 Å². The first-order chi connectivity index (χ1) is 19.5. The quantitative estimate of drug-likeness (QED) is 0.287. The van der Waals surface area contributed by atoms with E-state index in [4.69, 9.17) is 15.2 Å². The van der Waals surface area contributed by atoms with Crippen molar-refractivity contribution in [3.63, 3.8) is 0 Å². The molecule has 0 spiro atoms. The number of amides is 1. The molecule has 1 heterocycles. The summed E-state index contributed by atoms with van der Waals surface area (Å²) in [7, 11) is 0. The fourth-order valence-corrected chi connectivity index (χ4v) is 3.76. The van der Waals surface area contributed by atoms with Crippen LogP contribution in [-0.2, 0) is 16.0 Å². The molecule has 9 heteroatoms. The van der Waals surface area contributed by atoms with E-state index in [0.717, 1.165) is 11.1 Å². The Morgan fingerprint density at radius 2 is 1.66 bits per heavy atom. The first-order valence-electron chi connectivity index (χ1n) is 13.6. The Bertz CT molecular complexity index is 1320. The van der Waals surface area contributed by atoms with Crippen molar-refractivity contribution < 1.29 is 24.2 Å². The van der Waals surface area contributed by atoms with E-state index in [-0.39, 0.29) is 11.5 Å². The zero-order valence-corrected chi connectivity index (χ0v) is 24.9. The maximum atomic E-state index is 12.0. The summed E-state index contributed by atoms with van der Waals surface area (Å²) >= 11 is 0. The molecule has 0 aromatic heterocycles. The number of hydrogen-bond donors (Lipinski definition) is 4. The van der Waals surface area contributed by atoms with Gasteiger partial charge >= 0.3 is 12.1 Å². The largest absolute Gasteiger partial charge is 0.478 e. The maximum Gasteiger partial charge on any atom is 0.408 e. The molecule has 1 aliphatic heterocycles. The van der Waals surface area contributed by atoms with Crippen LogP contribution < -0.4 is 16.5 Å². The lowest BCUT2D eigenvalue weighted by Crippen LogP contribution is -2.47. The molecular formula is C32H42N4O5. The highest BCUT2D eigenvalue weighted by Gasteiger charge is 2.29. The number of alkyl carbamates (subject to hydrolysis) is 1. The lowest BCUT2D eigenvalue weighted by molar-refractivity contribution is 0.0443. The summed E-state index contributed by atoms with van der Waals surface area (Å²) in [4.78, 5) is 23.8. The molecule has 41 heavy (non-hydrogen) atoms. The van der Waals surface area contributed by atoms with Crippen LogP contribution in [0.25, 0.3) is 11.1 Å². The summed E-state index contributed by atoms with van der Waals surface area (Å²) < 4.78 is 11.1. The Hall–Kier alpha value is -4.37. The van der Waals surface area contributed by atoms with Crippen LogP contribution in [0.5, 0.6) is 0 Å². The fourth-order valence-electron chi connectivity index (χ4n) is 3.76. The van der Waals surface area contributed by atoms with E-state index in [1.54, 1.807) is 39.8 Å². The van der Waals surface area contributed by atoms with Crippen molar-refractivity contribution in [2.24, 2.45) is 10.8 Å². The summed E-state index contributed by atoms with van der Waals surface area (Å²) in [6, 6.07) is 22.2. The van der Waals surface area contributed by atoms with Crippen LogP contribution in [0.3, 0.4) is 0 Å². The summed E-state index contributed by atoms with van der Waals surface area (Å²) in [6.07, 6.45) is -1.22. The molecular weight excluding hydrogens is 520 g/mol. The van der Waals surface area contributed by atoms with Crippen molar-refractivity contribution in [1.29, 1.82) is 0 Å². The molecule has 5 N–H and O–H groups in total. The molecule has 2 atom stereocenters. The number of hydrazone groups is 1. The van der Waals surface area contributed by atoms with Gasteiger partial charge in [0.15, 0.2) is 0 Å². The van der Waals surface area contributed by atoms with Gasteiger partial charge in [-0.25, -0.2) is 9.59 Å². The number of ether oxygens (including phenoxy) is 2. The van der Waals surface area contributed by atoms with Gasteiger partial charge in [0, 0.05) is 12.1 Å². The van der Waals surface area contributed by atoms with Gasteiger partial charge in [-0.3, -0.25) is 5.43 Å². The maximum absolute atomic E-state index is 12.0. The van der Waals surface area contributed by atoms with Crippen molar-refractivity contribution in [2.45, 2.75) is 72.9 Å². The van der Waals surface area contributed by atoms with Gasteiger partial charge in [0.05, 0.1) is 11.6 Å². The fraction of sp³-hybridized carbons (Fsp3) is 0.344. The average molecular weight is 563 g/mol.